The Bertz CT molecular complexity index is 1800. The van der Waals surface area contributed by atoms with Gasteiger partial charge in [-0.3, -0.25) is 9.59 Å². The second kappa shape index (κ2) is 9.52. The summed E-state index contributed by atoms with van der Waals surface area (Å²) in [5.74, 6) is -0.864. The number of amides is 1. The van der Waals surface area contributed by atoms with Gasteiger partial charge in [-0.15, -0.1) is 0 Å². The average Bonchev–Trinajstić information content (AvgIpc) is 3.23. The van der Waals surface area contributed by atoms with Crippen LogP contribution in [0.1, 0.15) is 43.2 Å². The van der Waals surface area contributed by atoms with E-state index in [2.05, 4.69) is 15.3 Å². The van der Waals surface area contributed by atoms with Crippen LogP contribution >= 0.6 is 0 Å². The number of nitrogens with zero attached hydrogens (tertiary/aromatic N) is 1. The van der Waals surface area contributed by atoms with Gasteiger partial charge in [0.1, 0.15) is 5.82 Å². The summed E-state index contributed by atoms with van der Waals surface area (Å²) in [5.41, 5.74) is 0.943. The molecule has 0 bridgehead atoms. The summed E-state index contributed by atoms with van der Waals surface area (Å²) in [6, 6.07) is 11.9. The number of pyridine rings is 2. The topological polar surface area (TPSA) is 88.0 Å². The zero-order valence-corrected chi connectivity index (χ0v) is 21.4. The minimum Gasteiger partial charge on any atom is -0.437 e. The van der Waals surface area contributed by atoms with Gasteiger partial charge in [0.05, 0.1) is 22.0 Å². The SMILES string of the molecule is CC(C)(C)CNC(=O)c1cccc(-c2cc3c(nc2CCC(F)(F)F)oc2c4ccc(F)cc4[nH]c(=O)c32)c1. The Hall–Kier alpha value is -4.21. The molecule has 3 heterocycles. The lowest BCUT2D eigenvalue weighted by Gasteiger charge is -2.19. The number of carbonyl (C=O) groups is 1. The van der Waals surface area contributed by atoms with E-state index in [-0.39, 0.29) is 39.2 Å². The molecule has 0 spiro atoms. The van der Waals surface area contributed by atoms with Gasteiger partial charge in [-0.1, -0.05) is 32.9 Å². The first-order valence-electron chi connectivity index (χ1n) is 12.3. The monoisotopic (exact) mass is 539 g/mol. The first-order chi connectivity index (χ1) is 18.3. The fraction of sp³-hybridized carbons (Fsp3) is 0.276. The number of hydrogen-bond donors (Lipinski definition) is 2. The molecule has 0 atom stereocenters. The van der Waals surface area contributed by atoms with E-state index in [9.17, 15) is 27.2 Å². The number of H-pyrrole nitrogens is 1. The summed E-state index contributed by atoms with van der Waals surface area (Å²) in [7, 11) is 0. The van der Waals surface area contributed by atoms with E-state index in [1.807, 2.05) is 20.8 Å². The number of benzene rings is 2. The van der Waals surface area contributed by atoms with Crippen LogP contribution in [0.25, 0.3) is 44.1 Å². The van der Waals surface area contributed by atoms with E-state index in [0.29, 0.717) is 34.0 Å². The van der Waals surface area contributed by atoms with E-state index in [1.165, 1.54) is 12.1 Å². The number of aromatic nitrogens is 2. The van der Waals surface area contributed by atoms with Crippen molar-refractivity contribution in [3.05, 3.63) is 76.0 Å². The molecule has 0 aliphatic carbocycles. The summed E-state index contributed by atoms with van der Waals surface area (Å²) in [6.07, 6.45) is -5.98. The smallest absolute Gasteiger partial charge is 0.389 e. The highest BCUT2D eigenvalue weighted by Gasteiger charge is 2.28. The summed E-state index contributed by atoms with van der Waals surface area (Å²) in [4.78, 5) is 32.8. The molecule has 0 radical (unpaired) electrons. The van der Waals surface area contributed by atoms with Crippen molar-refractivity contribution in [2.75, 3.05) is 6.54 Å². The molecular formula is C29H25F4N3O3. The number of hydrogen-bond acceptors (Lipinski definition) is 4. The van der Waals surface area contributed by atoms with Gasteiger partial charge in [0, 0.05) is 29.5 Å². The van der Waals surface area contributed by atoms with Gasteiger partial charge >= 0.3 is 6.18 Å². The summed E-state index contributed by atoms with van der Waals surface area (Å²) in [5, 5.41) is 3.74. The molecule has 5 aromatic rings. The number of aryl methyl sites for hydroxylation is 1. The zero-order valence-electron chi connectivity index (χ0n) is 21.4. The molecule has 0 saturated carbocycles. The molecule has 0 aliphatic rings. The minimum atomic E-state index is -4.42. The summed E-state index contributed by atoms with van der Waals surface area (Å²) in [6.45, 7) is 6.37. The third-order valence-corrected chi connectivity index (χ3v) is 6.32. The van der Waals surface area contributed by atoms with Crippen LogP contribution < -0.4 is 10.9 Å². The first-order valence-corrected chi connectivity index (χ1v) is 12.3. The van der Waals surface area contributed by atoms with Crippen LogP contribution in [0.2, 0.25) is 0 Å². The van der Waals surface area contributed by atoms with Crippen molar-refractivity contribution in [3.8, 4) is 11.1 Å². The summed E-state index contributed by atoms with van der Waals surface area (Å²) < 4.78 is 59.2. The molecule has 6 nitrogen and oxygen atoms in total. The van der Waals surface area contributed by atoms with Crippen LogP contribution in [-0.4, -0.2) is 28.6 Å². The summed E-state index contributed by atoms with van der Waals surface area (Å²) >= 11 is 0. The van der Waals surface area contributed by atoms with Gasteiger partial charge < -0.3 is 14.7 Å². The highest BCUT2D eigenvalue weighted by molar-refractivity contribution is 6.13. The van der Waals surface area contributed by atoms with Crippen LogP contribution in [-0.2, 0) is 6.42 Å². The number of halogens is 4. The first kappa shape index (κ1) is 26.4. The molecule has 1 amide bonds. The number of alkyl halides is 3. The molecule has 39 heavy (non-hydrogen) atoms. The largest absolute Gasteiger partial charge is 0.437 e. The fourth-order valence-corrected chi connectivity index (χ4v) is 4.45. The van der Waals surface area contributed by atoms with Crippen molar-refractivity contribution >= 4 is 38.9 Å². The Kier molecular flexibility index (Phi) is 6.44. The van der Waals surface area contributed by atoms with Crippen LogP contribution in [0.4, 0.5) is 17.6 Å². The number of nitrogens with one attached hydrogen (secondary N) is 2. The standard InChI is InChI=1S/C29H25F4N3O3/c1-28(2,3)14-34-25(37)16-6-4-5-15(11-16)19-13-20-23-24(18-8-7-17(30)12-22(18)35-26(23)38)39-27(20)36-21(19)9-10-29(31,32)33/h4-8,11-13H,9-10,14H2,1-3H3,(H,34,37)(H,35,38). The molecule has 3 aromatic heterocycles. The van der Waals surface area contributed by atoms with Gasteiger partial charge in [0.25, 0.3) is 11.5 Å². The molecule has 2 aromatic carbocycles. The Balaban J connectivity index is 1.69. The Morgan fingerprint density at radius 2 is 1.82 bits per heavy atom. The van der Waals surface area contributed by atoms with E-state index in [0.717, 1.165) is 6.07 Å². The van der Waals surface area contributed by atoms with E-state index in [4.69, 9.17) is 4.42 Å². The zero-order chi connectivity index (χ0) is 28.1. The molecule has 0 aliphatic heterocycles. The normalized spacial score (nSPS) is 12.5. The third kappa shape index (κ3) is 5.50. The Labute approximate surface area is 220 Å². The van der Waals surface area contributed by atoms with Crippen LogP contribution in [0.3, 0.4) is 0 Å². The molecule has 5 rings (SSSR count). The molecule has 10 heteroatoms. The number of rotatable bonds is 5. The molecule has 202 valence electrons. The maximum Gasteiger partial charge on any atom is 0.389 e. The highest BCUT2D eigenvalue weighted by atomic mass is 19.4. The maximum absolute atomic E-state index is 13.8. The molecule has 0 saturated heterocycles. The van der Waals surface area contributed by atoms with E-state index < -0.39 is 30.4 Å². The van der Waals surface area contributed by atoms with E-state index >= 15 is 0 Å². The number of fused-ring (bicyclic) bond motifs is 5. The van der Waals surface area contributed by atoms with Crippen LogP contribution in [0.5, 0.6) is 0 Å². The molecule has 0 fully saturated rings. The van der Waals surface area contributed by atoms with Gasteiger partial charge in [-0.25, -0.2) is 9.37 Å². The van der Waals surface area contributed by atoms with Crippen molar-refractivity contribution in [1.82, 2.24) is 15.3 Å². The average molecular weight is 540 g/mol. The van der Waals surface area contributed by atoms with Crippen LogP contribution in [0.15, 0.2) is 57.7 Å². The minimum absolute atomic E-state index is 0.00711. The van der Waals surface area contributed by atoms with Gasteiger partial charge in [-0.05, 0) is 53.8 Å². The predicted molar refractivity (Wildman–Crippen MR) is 141 cm³/mol. The van der Waals surface area contributed by atoms with Crippen molar-refractivity contribution in [2.45, 2.75) is 39.8 Å². The second-order valence-electron chi connectivity index (χ2n) is 10.7. The van der Waals surface area contributed by atoms with Gasteiger partial charge in [0.15, 0.2) is 5.58 Å². The Morgan fingerprint density at radius 1 is 1.05 bits per heavy atom. The highest BCUT2D eigenvalue weighted by Crippen LogP contribution is 2.36. The molecular weight excluding hydrogens is 514 g/mol. The van der Waals surface area contributed by atoms with Crippen molar-refractivity contribution < 1.29 is 26.8 Å². The molecule has 0 unspecified atom stereocenters. The van der Waals surface area contributed by atoms with E-state index in [1.54, 1.807) is 30.3 Å². The number of carbonyl (C=O) groups excluding carboxylic acids is 1. The maximum atomic E-state index is 13.8. The number of furan rings is 1. The fourth-order valence-electron chi connectivity index (χ4n) is 4.45. The lowest BCUT2D eigenvalue weighted by molar-refractivity contribution is -0.134. The quantitative estimate of drug-likeness (QED) is 0.238. The van der Waals surface area contributed by atoms with Gasteiger partial charge in [0.2, 0.25) is 5.71 Å². The lowest BCUT2D eigenvalue weighted by atomic mass is 9.96. The predicted octanol–water partition coefficient (Wildman–Crippen LogP) is 6.90. The molecule has 2 N–H and O–H groups in total. The lowest BCUT2D eigenvalue weighted by Crippen LogP contribution is -2.32. The number of aromatic amines is 1. The van der Waals surface area contributed by atoms with Crippen molar-refractivity contribution in [1.29, 1.82) is 0 Å². The second-order valence-corrected chi connectivity index (χ2v) is 10.7. The Morgan fingerprint density at radius 3 is 2.54 bits per heavy atom. The third-order valence-electron chi connectivity index (χ3n) is 6.32. The van der Waals surface area contributed by atoms with Crippen LogP contribution in [0, 0.1) is 11.2 Å². The van der Waals surface area contributed by atoms with Crippen molar-refractivity contribution in [2.24, 2.45) is 5.41 Å². The van der Waals surface area contributed by atoms with Gasteiger partial charge in [-0.2, -0.15) is 13.2 Å². The van der Waals surface area contributed by atoms with Crippen molar-refractivity contribution in [3.63, 3.8) is 0 Å².